The highest BCUT2D eigenvalue weighted by atomic mass is 32.1. The topological polar surface area (TPSA) is 43.4 Å². The number of carbonyl (C=O) groups excluding carboxylic acids is 2. The molecule has 1 atom stereocenters. The minimum atomic E-state index is -0.794. The summed E-state index contributed by atoms with van der Waals surface area (Å²) >= 11 is 1.53. The number of Topliss-reactive ketones (excluding diaryl/α,β-unsaturated/α-hetero) is 1. The predicted octanol–water partition coefficient (Wildman–Crippen LogP) is 3.58. The number of thiophene rings is 1. The third-order valence-corrected chi connectivity index (χ3v) is 3.48. The number of benzene rings is 1. The Morgan fingerprint density at radius 2 is 1.90 bits per heavy atom. The van der Waals surface area contributed by atoms with Gasteiger partial charge in [0.05, 0.1) is 0 Å². The van der Waals surface area contributed by atoms with E-state index in [0.717, 1.165) is 4.88 Å². The fourth-order valence-electron chi connectivity index (χ4n) is 1.64. The molecule has 0 N–H and O–H groups in total. The van der Waals surface area contributed by atoms with Crippen LogP contribution in [0.1, 0.15) is 22.2 Å². The normalized spacial score (nSPS) is 12.2. The summed E-state index contributed by atoms with van der Waals surface area (Å²) in [4.78, 5) is 24.6. The molecule has 0 fully saturated rings. The molecule has 0 aliphatic heterocycles. The van der Waals surface area contributed by atoms with E-state index in [0.29, 0.717) is 5.56 Å². The van der Waals surface area contributed by atoms with Gasteiger partial charge in [0, 0.05) is 16.5 Å². The van der Waals surface area contributed by atoms with Crippen molar-refractivity contribution in [3.8, 4) is 0 Å². The Hall–Kier alpha value is -2.20. The first-order chi connectivity index (χ1) is 9.66. The number of esters is 1. The Kier molecular flexibility index (Phi) is 4.85. The van der Waals surface area contributed by atoms with E-state index in [2.05, 4.69) is 0 Å². The molecule has 0 saturated heterocycles. The summed E-state index contributed by atoms with van der Waals surface area (Å²) in [5, 5.41) is 1.92. The third-order valence-electron chi connectivity index (χ3n) is 2.65. The fourth-order valence-corrected chi connectivity index (χ4v) is 2.26. The van der Waals surface area contributed by atoms with Gasteiger partial charge in [-0.15, -0.1) is 11.3 Å². The average Bonchev–Trinajstić information content (AvgIpc) is 2.98. The highest BCUT2D eigenvalue weighted by Crippen LogP contribution is 2.11. The molecule has 0 aliphatic rings. The zero-order valence-electron chi connectivity index (χ0n) is 11.0. The number of carbonyl (C=O) groups is 2. The third kappa shape index (κ3) is 3.90. The molecule has 1 unspecified atom stereocenters. The second-order valence-corrected chi connectivity index (χ2v) is 5.14. The number of ether oxygens (including phenoxy) is 1. The van der Waals surface area contributed by atoms with Gasteiger partial charge in [0.25, 0.3) is 0 Å². The van der Waals surface area contributed by atoms with E-state index in [4.69, 9.17) is 4.74 Å². The van der Waals surface area contributed by atoms with Crippen LogP contribution in [0.2, 0.25) is 0 Å². The van der Waals surface area contributed by atoms with Crippen LogP contribution in [0.5, 0.6) is 0 Å². The van der Waals surface area contributed by atoms with Crippen molar-refractivity contribution in [3.05, 3.63) is 64.4 Å². The first-order valence-corrected chi connectivity index (χ1v) is 7.06. The zero-order chi connectivity index (χ0) is 14.4. The predicted molar refractivity (Wildman–Crippen MR) is 79.7 cm³/mol. The molecule has 4 heteroatoms. The maximum Gasteiger partial charge on any atom is 0.331 e. The van der Waals surface area contributed by atoms with Gasteiger partial charge in [0.2, 0.25) is 5.78 Å². The van der Waals surface area contributed by atoms with Crippen LogP contribution in [-0.2, 0) is 9.53 Å². The molecule has 2 rings (SSSR count). The van der Waals surface area contributed by atoms with E-state index >= 15 is 0 Å². The Balaban J connectivity index is 1.92. The number of hydrogen-bond donors (Lipinski definition) is 0. The smallest absolute Gasteiger partial charge is 0.331 e. The molecular weight excluding hydrogens is 272 g/mol. The van der Waals surface area contributed by atoms with Crippen LogP contribution in [-0.4, -0.2) is 17.9 Å². The van der Waals surface area contributed by atoms with Crippen molar-refractivity contribution in [2.24, 2.45) is 0 Å². The van der Waals surface area contributed by atoms with E-state index in [1.165, 1.54) is 17.4 Å². The molecule has 0 saturated carbocycles. The van der Waals surface area contributed by atoms with Gasteiger partial charge in [-0.25, -0.2) is 4.79 Å². The van der Waals surface area contributed by atoms with Crippen LogP contribution in [0, 0.1) is 0 Å². The van der Waals surface area contributed by atoms with Crippen molar-refractivity contribution in [1.29, 1.82) is 0 Å². The summed E-state index contributed by atoms with van der Waals surface area (Å²) in [6.07, 6.45) is 2.21. The fraction of sp³-hybridized carbons (Fsp3) is 0.125. The molecular formula is C16H14O3S. The lowest BCUT2D eigenvalue weighted by atomic mass is 10.1. The lowest BCUT2D eigenvalue weighted by Crippen LogP contribution is -2.23. The lowest BCUT2D eigenvalue weighted by Gasteiger charge is -2.10. The Labute approximate surface area is 121 Å². The Morgan fingerprint density at radius 1 is 1.15 bits per heavy atom. The minimum absolute atomic E-state index is 0.205. The number of hydrogen-bond acceptors (Lipinski definition) is 4. The molecule has 20 heavy (non-hydrogen) atoms. The number of ketones is 1. The average molecular weight is 286 g/mol. The maximum absolute atomic E-state index is 12.0. The molecule has 3 nitrogen and oxygen atoms in total. The molecule has 1 heterocycles. The van der Waals surface area contributed by atoms with Gasteiger partial charge in [0.15, 0.2) is 6.10 Å². The maximum atomic E-state index is 12.0. The van der Waals surface area contributed by atoms with Crippen molar-refractivity contribution in [3.63, 3.8) is 0 Å². The minimum Gasteiger partial charge on any atom is -0.451 e. The zero-order valence-corrected chi connectivity index (χ0v) is 11.8. The van der Waals surface area contributed by atoms with E-state index in [-0.39, 0.29) is 5.78 Å². The van der Waals surface area contributed by atoms with E-state index in [1.54, 1.807) is 37.3 Å². The van der Waals surface area contributed by atoms with E-state index in [9.17, 15) is 9.59 Å². The van der Waals surface area contributed by atoms with E-state index < -0.39 is 12.1 Å². The summed E-state index contributed by atoms with van der Waals surface area (Å²) in [6.45, 7) is 1.58. The molecule has 0 spiro atoms. The number of rotatable bonds is 5. The van der Waals surface area contributed by atoms with Gasteiger partial charge in [-0.2, -0.15) is 0 Å². The summed E-state index contributed by atoms with van der Waals surface area (Å²) < 4.78 is 5.09. The standard InChI is InChI=1S/C16H14O3S/c1-12(16(18)13-6-3-2-4-7-13)19-15(17)10-9-14-8-5-11-20-14/h2-12H,1H3/b10-9+. The molecule has 0 radical (unpaired) electrons. The van der Waals surface area contributed by atoms with Gasteiger partial charge in [-0.05, 0) is 24.4 Å². The van der Waals surface area contributed by atoms with Crippen molar-refractivity contribution < 1.29 is 14.3 Å². The van der Waals surface area contributed by atoms with Crippen LogP contribution in [0.15, 0.2) is 53.9 Å². The monoisotopic (exact) mass is 286 g/mol. The molecule has 0 bridgehead atoms. The summed E-state index contributed by atoms with van der Waals surface area (Å²) in [6, 6.07) is 12.6. The highest BCUT2D eigenvalue weighted by molar-refractivity contribution is 7.10. The SMILES string of the molecule is CC(OC(=O)/C=C/c1cccs1)C(=O)c1ccccc1. The van der Waals surface area contributed by atoms with Crippen LogP contribution >= 0.6 is 11.3 Å². The first kappa shape index (κ1) is 14.2. The van der Waals surface area contributed by atoms with Crippen LogP contribution in [0.25, 0.3) is 6.08 Å². The van der Waals surface area contributed by atoms with Crippen molar-refractivity contribution >= 4 is 29.2 Å². The molecule has 1 aromatic carbocycles. The molecule has 102 valence electrons. The van der Waals surface area contributed by atoms with Crippen LogP contribution < -0.4 is 0 Å². The van der Waals surface area contributed by atoms with Crippen molar-refractivity contribution in [2.75, 3.05) is 0 Å². The molecule has 0 amide bonds. The summed E-state index contributed by atoms with van der Waals surface area (Å²) in [7, 11) is 0. The van der Waals surface area contributed by atoms with E-state index in [1.807, 2.05) is 23.6 Å². The Bertz CT molecular complexity index is 600. The molecule has 1 aromatic heterocycles. The largest absolute Gasteiger partial charge is 0.451 e. The summed E-state index contributed by atoms with van der Waals surface area (Å²) in [5.74, 6) is -0.723. The van der Waals surface area contributed by atoms with Gasteiger partial charge in [-0.1, -0.05) is 36.4 Å². The Morgan fingerprint density at radius 3 is 2.55 bits per heavy atom. The molecule has 0 aliphatic carbocycles. The van der Waals surface area contributed by atoms with Crippen molar-refractivity contribution in [1.82, 2.24) is 0 Å². The van der Waals surface area contributed by atoms with Gasteiger partial charge in [0.1, 0.15) is 0 Å². The summed E-state index contributed by atoms with van der Waals surface area (Å²) in [5.41, 5.74) is 0.537. The van der Waals surface area contributed by atoms with Crippen molar-refractivity contribution in [2.45, 2.75) is 13.0 Å². The van der Waals surface area contributed by atoms with Gasteiger partial charge in [-0.3, -0.25) is 4.79 Å². The second-order valence-electron chi connectivity index (χ2n) is 4.16. The van der Waals surface area contributed by atoms with Crippen LogP contribution in [0.4, 0.5) is 0 Å². The second kappa shape index (κ2) is 6.82. The molecule has 2 aromatic rings. The van der Waals surface area contributed by atoms with Crippen LogP contribution in [0.3, 0.4) is 0 Å². The van der Waals surface area contributed by atoms with Gasteiger partial charge < -0.3 is 4.74 Å². The lowest BCUT2D eigenvalue weighted by molar-refractivity contribution is -0.140. The highest BCUT2D eigenvalue weighted by Gasteiger charge is 2.17. The quantitative estimate of drug-likeness (QED) is 0.479. The van der Waals surface area contributed by atoms with Gasteiger partial charge >= 0.3 is 5.97 Å². The first-order valence-electron chi connectivity index (χ1n) is 6.18.